The standard InChI is InChI=1S/C30H47N3O3/c1-19-11-14-30(18-35-3)20(15-19)5-7-22-23-8-9-25(29(23,2)13-12-24(22)30)28(34)17-33(32)27-16-21(36-4)6-10-26(27)31/h6,10,16,19-20,22-25H,5,7-9,11-15,17-18,31-32H2,1-4H3. The first kappa shape index (κ1) is 25.8. The lowest BCUT2D eigenvalue weighted by molar-refractivity contribution is -0.154. The molecule has 0 bridgehead atoms. The number of hydrogen-bond acceptors (Lipinski definition) is 6. The first-order chi connectivity index (χ1) is 17.2. The predicted octanol–water partition coefficient (Wildman–Crippen LogP) is 5.45. The predicted molar refractivity (Wildman–Crippen MR) is 145 cm³/mol. The smallest absolute Gasteiger partial charge is 0.157 e. The fraction of sp³-hybridized carbons (Fsp3) is 0.767. The molecule has 6 nitrogen and oxygen atoms in total. The van der Waals surface area contributed by atoms with Gasteiger partial charge in [-0.3, -0.25) is 4.79 Å². The molecule has 0 saturated heterocycles. The number of hydrogen-bond donors (Lipinski definition) is 2. The lowest BCUT2D eigenvalue weighted by atomic mass is 9.44. The number of methoxy groups -OCH3 is 2. The lowest BCUT2D eigenvalue weighted by Gasteiger charge is -2.62. The van der Waals surface area contributed by atoms with E-state index in [4.69, 9.17) is 21.1 Å². The molecule has 1 aromatic carbocycles. The first-order valence-electron chi connectivity index (χ1n) is 14.2. The fourth-order valence-corrected chi connectivity index (χ4v) is 9.61. The Labute approximate surface area is 217 Å². The van der Waals surface area contributed by atoms with Crippen molar-refractivity contribution in [3.63, 3.8) is 0 Å². The summed E-state index contributed by atoms with van der Waals surface area (Å²) in [5.41, 5.74) is 7.81. The number of carbonyl (C=O) groups is 1. The fourth-order valence-electron chi connectivity index (χ4n) is 9.61. The summed E-state index contributed by atoms with van der Waals surface area (Å²) in [6.45, 7) is 5.96. The Bertz CT molecular complexity index is 969. The van der Waals surface area contributed by atoms with Crippen LogP contribution in [0.4, 0.5) is 11.4 Å². The molecule has 0 spiro atoms. The number of hydrazine groups is 1. The number of fused-ring (bicyclic) bond motifs is 5. The second kappa shape index (κ2) is 9.83. The summed E-state index contributed by atoms with van der Waals surface area (Å²) in [7, 11) is 3.52. The highest BCUT2D eigenvalue weighted by atomic mass is 16.5. The van der Waals surface area contributed by atoms with E-state index < -0.39 is 0 Å². The molecule has 0 radical (unpaired) electrons. The van der Waals surface area contributed by atoms with Crippen molar-refractivity contribution in [1.82, 2.24) is 0 Å². The third-order valence-corrected chi connectivity index (χ3v) is 11.3. The third kappa shape index (κ3) is 4.13. The van der Waals surface area contributed by atoms with Crippen LogP contribution < -0.4 is 21.3 Å². The Balaban J connectivity index is 1.33. The van der Waals surface area contributed by atoms with Gasteiger partial charge in [-0.2, -0.15) is 0 Å². The number of nitrogens with zero attached hydrogens (tertiary/aromatic N) is 1. The Kier molecular flexibility index (Phi) is 7.05. The number of nitrogen functional groups attached to an aromatic ring is 1. The van der Waals surface area contributed by atoms with Gasteiger partial charge < -0.3 is 20.2 Å². The summed E-state index contributed by atoms with van der Waals surface area (Å²) in [5.74, 6) is 11.2. The van der Waals surface area contributed by atoms with Gasteiger partial charge in [0.15, 0.2) is 5.78 Å². The van der Waals surface area contributed by atoms with Crippen molar-refractivity contribution in [2.24, 2.45) is 52.2 Å². The molecule has 8 unspecified atom stereocenters. The monoisotopic (exact) mass is 497 g/mol. The van der Waals surface area contributed by atoms with Crippen LogP contribution in [-0.2, 0) is 9.53 Å². The van der Waals surface area contributed by atoms with Gasteiger partial charge in [-0.05, 0) is 104 Å². The summed E-state index contributed by atoms with van der Waals surface area (Å²) in [4.78, 5) is 13.7. The van der Waals surface area contributed by atoms with Crippen molar-refractivity contribution in [1.29, 1.82) is 0 Å². The molecule has 0 aromatic heterocycles. The van der Waals surface area contributed by atoms with Gasteiger partial charge in [-0.25, -0.2) is 5.84 Å². The van der Waals surface area contributed by atoms with Crippen LogP contribution in [0.1, 0.15) is 71.6 Å². The normalized spacial score (nSPS) is 39.6. The van der Waals surface area contributed by atoms with Gasteiger partial charge in [-0.1, -0.05) is 20.3 Å². The van der Waals surface area contributed by atoms with Gasteiger partial charge in [0.1, 0.15) is 5.75 Å². The molecule has 0 aliphatic heterocycles. The zero-order chi connectivity index (χ0) is 25.7. The van der Waals surface area contributed by atoms with Crippen LogP contribution in [0.5, 0.6) is 5.75 Å². The minimum Gasteiger partial charge on any atom is -0.497 e. The van der Waals surface area contributed by atoms with E-state index in [0.29, 0.717) is 28.5 Å². The Hall–Kier alpha value is -1.79. The molecule has 36 heavy (non-hydrogen) atoms. The SMILES string of the molecule is COCC12CCC(C)CC1CCC1C3CCC(C(=O)CN(N)c4cc(OC)ccc4N)C3(C)CCC12. The van der Waals surface area contributed by atoms with Gasteiger partial charge in [0, 0.05) is 19.1 Å². The maximum absolute atomic E-state index is 13.7. The maximum Gasteiger partial charge on any atom is 0.157 e. The number of ether oxygens (including phenoxy) is 2. The molecule has 4 fully saturated rings. The summed E-state index contributed by atoms with van der Waals surface area (Å²) < 4.78 is 11.3. The van der Waals surface area contributed by atoms with E-state index in [-0.39, 0.29) is 23.7 Å². The highest BCUT2D eigenvalue weighted by Gasteiger charge is 2.62. The number of Topliss-reactive ketones (excluding diaryl/α,β-unsaturated/α-hetero) is 1. The largest absolute Gasteiger partial charge is 0.497 e. The van der Waals surface area contributed by atoms with E-state index in [9.17, 15) is 4.79 Å². The maximum atomic E-state index is 13.7. The molecule has 6 heteroatoms. The zero-order valence-electron chi connectivity index (χ0n) is 22.8. The van der Waals surface area contributed by atoms with E-state index >= 15 is 0 Å². The molecule has 4 saturated carbocycles. The second-order valence-electron chi connectivity index (χ2n) is 12.9. The molecular weight excluding hydrogens is 450 g/mol. The first-order valence-corrected chi connectivity index (χ1v) is 14.2. The molecule has 4 aliphatic rings. The van der Waals surface area contributed by atoms with Crippen molar-refractivity contribution in [3.05, 3.63) is 18.2 Å². The molecule has 4 N–H and O–H groups in total. The summed E-state index contributed by atoms with van der Waals surface area (Å²) in [6, 6.07) is 5.41. The van der Waals surface area contributed by atoms with Crippen molar-refractivity contribution < 1.29 is 14.3 Å². The molecule has 0 heterocycles. The number of carbonyl (C=O) groups excluding carboxylic acids is 1. The Morgan fingerprint density at radius 2 is 1.89 bits per heavy atom. The van der Waals surface area contributed by atoms with Gasteiger partial charge in [0.25, 0.3) is 0 Å². The number of ketones is 1. The van der Waals surface area contributed by atoms with Crippen LogP contribution in [0.2, 0.25) is 0 Å². The van der Waals surface area contributed by atoms with Crippen LogP contribution in [0.3, 0.4) is 0 Å². The molecule has 200 valence electrons. The van der Waals surface area contributed by atoms with Crippen LogP contribution >= 0.6 is 0 Å². The van der Waals surface area contributed by atoms with Crippen LogP contribution in [-0.4, -0.2) is 33.2 Å². The van der Waals surface area contributed by atoms with Gasteiger partial charge in [-0.15, -0.1) is 0 Å². The molecular formula is C30H47N3O3. The van der Waals surface area contributed by atoms with Crippen molar-refractivity contribution in [2.45, 2.75) is 71.6 Å². The van der Waals surface area contributed by atoms with Crippen LogP contribution in [0.15, 0.2) is 18.2 Å². The summed E-state index contributed by atoms with van der Waals surface area (Å²) in [6.07, 6.45) is 11.3. The molecule has 0 amide bonds. The van der Waals surface area contributed by atoms with Crippen LogP contribution in [0.25, 0.3) is 0 Å². The van der Waals surface area contributed by atoms with Gasteiger partial charge in [0.2, 0.25) is 0 Å². The number of anilines is 2. The average Bonchev–Trinajstić information content (AvgIpc) is 3.22. The summed E-state index contributed by atoms with van der Waals surface area (Å²) >= 11 is 0. The van der Waals surface area contributed by atoms with E-state index in [2.05, 4.69) is 13.8 Å². The molecule has 8 atom stereocenters. The minimum atomic E-state index is 0.0715. The molecule has 5 rings (SSSR count). The Morgan fingerprint density at radius 3 is 2.64 bits per heavy atom. The topological polar surface area (TPSA) is 90.8 Å². The zero-order valence-corrected chi connectivity index (χ0v) is 22.8. The summed E-state index contributed by atoms with van der Waals surface area (Å²) in [5, 5.41) is 1.52. The van der Waals surface area contributed by atoms with E-state index in [0.717, 1.165) is 43.1 Å². The number of nitrogens with two attached hydrogens (primary N) is 2. The van der Waals surface area contributed by atoms with Crippen molar-refractivity contribution in [2.75, 3.05) is 38.1 Å². The number of rotatable bonds is 7. The van der Waals surface area contributed by atoms with Gasteiger partial charge >= 0.3 is 0 Å². The third-order valence-electron chi connectivity index (χ3n) is 11.3. The quantitative estimate of drug-likeness (QED) is 0.296. The lowest BCUT2D eigenvalue weighted by Crippen LogP contribution is -2.56. The average molecular weight is 498 g/mol. The van der Waals surface area contributed by atoms with E-state index in [1.54, 1.807) is 13.2 Å². The number of benzene rings is 1. The second-order valence-corrected chi connectivity index (χ2v) is 12.9. The highest BCUT2D eigenvalue weighted by Crippen LogP contribution is 2.68. The van der Waals surface area contributed by atoms with Crippen molar-refractivity contribution >= 4 is 17.2 Å². The Morgan fingerprint density at radius 1 is 1.08 bits per heavy atom. The van der Waals surface area contributed by atoms with Gasteiger partial charge in [0.05, 0.1) is 31.6 Å². The van der Waals surface area contributed by atoms with Crippen LogP contribution in [0, 0.1) is 46.3 Å². The molecule has 1 aromatic rings. The molecule has 4 aliphatic carbocycles. The minimum absolute atomic E-state index is 0.0715. The highest BCUT2D eigenvalue weighted by molar-refractivity contribution is 5.87. The van der Waals surface area contributed by atoms with Crippen molar-refractivity contribution in [3.8, 4) is 5.75 Å². The van der Waals surface area contributed by atoms with E-state index in [1.165, 1.54) is 50.0 Å². The van der Waals surface area contributed by atoms with E-state index in [1.807, 2.05) is 19.2 Å².